The first kappa shape index (κ1) is 23.9. The van der Waals surface area contributed by atoms with Crippen molar-refractivity contribution in [2.24, 2.45) is 0 Å². The first-order valence-electron chi connectivity index (χ1n) is 10.2. The van der Waals surface area contributed by atoms with Crippen LogP contribution >= 0.6 is 11.3 Å². The molecule has 1 aromatic heterocycles. The number of carbonyl (C=O) groups excluding carboxylic acids is 1. The third kappa shape index (κ3) is 6.88. The van der Waals surface area contributed by atoms with Crippen molar-refractivity contribution in [1.82, 2.24) is 15.0 Å². The predicted molar refractivity (Wildman–Crippen MR) is 125 cm³/mol. The molecule has 0 aliphatic carbocycles. The van der Waals surface area contributed by atoms with E-state index in [-0.39, 0.29) is 29.2 Å². The molecule has 0 aliphatic heterocycles. The average molecular weight is 474 g/mol. The minimum absolute atomic E-state index is 0.0236. The van der Waals surface area contributed by atoms with Crippen molar-refractivity contribution >= 4 is 27.3 Å². The Morgan fingerprint density at radius 1 is 1.06 bits per heavy atom. The lowest BCUT2D eigenvalue weighted by Crippen LogP contribution is -2.30. The number of rotatable bonds is 9. The Balaban J connectivity index is 1.42. The van der Waals surface area contributed by atoms with Crippen LogP contribution in [0.25, 0.3) is 0 Å². The second-order valence-electron chi connectivity index (χ2n) is 8.24. The summed E-state index contributed by atoms with van der Waals surface area (Å²) in [6, 6.07) is 14.1. The molecule has 2 N–H and O–H groups in total. The summed E-state index contributed by atoms with van der Waals surface area (Å²) in [5.41, 5.74) is 1.91. The second kappa shape index (κ2) is 10.2. The van der Waals surface area contributed by atoms with Gasteiger partial charge in [0.15, 0.2) is 0 Å². The maximum atomic E-state index is 12.4. The standard InChI is InChI=1S/C23H27N3O4S2/c1-23(2,3)18-6-10-20(11-7-18)32(28,29)26-13-12-21(27)25-16-17-4-8-19(9-5-17)30-22-24-14-15-31-22/h4-11,14-15,26H,12-13,16H2,1-3H3,(H,25,27). The zero-order valence-corrected chi connectivity index (χ0v) is 19.9. The molecule has 170 valence electrons. The Labute approximate surface area is 192 Å². The van der Waals surface area contributed by atoms with Gasteiger partial charge in [-0.3, -0.25) is 4.79 Å². The van der Waals surface area contributed by atoms with Crippen LogP contribution in [0.5, 0.6) is 10.9 Å². The number of hydrogen-bond donors (Lipinski definition) is 2. The molecule has 7 nitrogen and oxygen atoms in total. The van der Waals surface area contributed by atoms with Crippen LogP contribution in [0.3, 0.4) is 0 Å². The quantitative estimate of drug-likeness (QED) is 0.485. The topological polar surface area (TPSA) is 97.4 Å². The number of amides is 1. The van der Waals surface area contributed by atoms with Crippen molar-refractivity contribution in [3.63, 3.8) is 0 Å². The fourth-order valence-electron chi connectivity index (χ4n) is 2.84. The first-order valence-corrected chi connectivity index (χ1v) is 12.5. The molecule has 3 rings (SSSR count). The Morgan fingerprint density at radius 3 is 2.34 bits per heavy atom. The fraction of sp³-hybridized carbons (Fsp3) is 0.304. The normalized spacial score (nSPS) is 11.8. The third-order valence-electron chi connectivity index (χ3n) is 4.70. The van der Waals surface area contributed by atoms with Gasteiger partial charge in [-0.1, -0.05) is 56.4 Å². The van der Waals surface area contributed by atoms with E-state index in [9.17, 15) is 13.2 Å². The Morgan fingerprint density at radius 2 is 1.75 bits per heavy atom. The van der Waals surface area contributed by atoms with Crippen LogP contribution in [-0.2, 0) is 26.8 Å². The van der Waals surface area contributed by atoms with Gasteiger partial charge in [0.25, 0.3) is 5.19 Å². The van der Waals surface area contributed by atoms with E-state index in [1.54, 1.807) is 18.3 Å². The maximum absolute atomic E-state index is 12.4. The van der Waals surface area contributed by atoms with Gasteiger partial charge >= 0.3 is 0 Å². The van der Waals surface area contributed by atoms with Crippen LogP contribution in [0.15, 0.2) is 65.0 Å². The Bertz CT molecular complexity index is 1120. The molecule has 0 fully saturated rings. The number of hydrogen-bond acceptors (Lipinski definition) is 6. The highest BCUT2D eigenvalue weighted by atomic mass is 32.2. The lowest BCUT2D eigenvalue weighted by Gasteiger charge is -2.19. The minimum atomic E-state index is -3.66. The van der Waals surface area contributed by atoms with Crippen LogP contribution in [0.4, 0.5) is 0 Å². The molecule has 0 saturated carbocycles. The number of nitrogens with zero attached hydrogens (tertiary/aromatic N) is 1. The van der Waals surface area contributed by atoms with Gasteiger partial charge in [0, 0.05) is 31.1 Å². The molecule has 32 heavy (non-hydrogen) atoms. The molecule has 2 aromatic carbocycles. The molecule has 1 heterocycles. The number of ether oxygens (including phenoxy) is 1. The second-order valence-corrected chi connectivity index (χ2v) is 10.9. The summed E-state index contributed by atoms with van der Waals surface area (Å²) < 4.78 is 33.0. The zero-order chi connectivity index (χ0) is 23.2. The van der Waals surface area contributed by atoms with Gasteiger partial charge in [-0.05, 0) is 40.8 Å². The number of aromatic nitrogens is 1. The van der Waals surface area contributed by atoms with Crippen molar-refractivity contribution < 1.29 is 17.9 Å². The number of benzene rings is 2. The van der Waals surface area contributed by atoms with Gasteiger partial charge in [0.05, 0.1) is 4.90 Å². The monoisotopic (exact) mass is 473 g/mol. The Hall–Kier alpha value is -2.75. The minimum Gasteiger partial charge on any atom is -0.431 e. The van der Waals surface area contributed by atoms with Crippen molar-refractivity contribution in [2.45, 2.75) is 44.0 Å². The van der Waals surface area contributed by atoms with E-state index in [4.69, 9.17) is 4.74 Å². The highest BCUT2D eigenvalue weighted by Crippen LogP contribution is 2.24. The summed E-state index contributed by atoms with van der Waals surface area (Å²) in [6.45, 7) is 6.57. The molecule has 0 unspecified atom stereocenters. The summed E-state index contributed by atoms with van der Waals surface area (Å²) in [6.07, 6.45) is 1.72. The molecule has 0 bridgehead atoms. The van der Waals surface area contributed by atoms with Gasteiger partial charge in [-0.15, -0.1) is 0 Å². The number of nitrogens with one attached hydrogen (secondary N) is 2. The van der Waals surface area contributed by atoms with E-state index < -0.39 is 10.0 Å². The Kier molecular flexibility index (Phi) is 7.65. The zero-order valence-electron chi connectivity index (χ0n) is 18.3. The van der Waals surface area contributed by atoms with Crippen LogP contribution in [-0.4, -0.2) is 25.9 Å². The number of carbonyl (C=O) groups is 1. The van der Waals surface area contributed by atoms with Gasteiger partial charge in [-0.2, -0.15) is 0 Å². The summed E-state index contributed by atoms with van der Waals surface area (Å²) in [4.78, 5) is 16.3. The molecule has 0 saturated heterocycles. The van der Waals surface area contributed by atoms with Gasteiger partial charge in [-0.25, -0.2) is 18.1 Å². The molecule has 0 atom stereocenters. The fourth-order valence-corrected chi connectivity index (χ4v) is 4.38. The lowest BCUT2D eigenvalue weighted by molar-refractivity contribution is -0.121. The van der Waals surface area contributed by atoms with E-state index in [0.717, 1.165) is 11.1 Å². The highest BCUT2D eigenvalue weighted by Gasteiger charge is 2.17. The average Bonchev–Trinajstić information content (AvgIpc) is 3.26. The van der Waals surface area contributed by atoms with E-state index in [1.807, 2.05) is 41.8 Å². The molecular weight excluding hydrogens is 446 g/mol. The molecular formula is C23H27N3O4S2. The predicted octanol–water partition coefficient (Wildman–Crippen LogP) is 4.22. The van der Waals surface area contributed by atoms with Crippen LogP contribution in [0, 0.1) is 0 Å². The summed E-state index contributed by atoms with van der Waals surface area (Å²) in [5.74, 6) is 0.429. The molecule has 0 radical (unpaired) electrons. The largest absolute Gasteiger partial charge is 0.431 e. The number of thiazole rings is 1. The van der Waals surface area contributed by atoms with Crippen molar-refractivity contribution in [3.8, 4) is 10.9 Å². The first-order chi connectivity index (χ1) is 15.1. The van der Waals surface area contributed by atoms with E-state index >= 15 is 0 Å². The van der Waals surface area contributed by atoms with Gasteiger partial charge in [0.2, 0.25) is 15.9 Å². The SMILES string of the molecule is CC(C)(C)c1ccc(S(=O)(=O)NCCC(=O)NCc2ccc(Oc3nccs3)cc2)cc1. The van der Waals surface area contributed by atoms with Crippen molar-refractivity contribution in [2.75, 3.05) is 6.54 Å². The maximum Gasteiger partial charge on any atom is 0.278 e. The highest BCUT2D eigenvalue weighted by molar-refractivity contribution is 7.89. The van der Waals surface area contributed by atoms with Crippen molar-refractivity contribution in [3.05, 3.63) is 71.2 Å². The lowest BCUT2D eigenvalue weighted by atomic mass is 9.87. The molecule has 9 heteroatoms. The third-order valence-corrected chi connectivity index (χ3v) is 6.83. The van der Waals surface area contributed by atoms with Crippen LogP contribution in [0.1, 0.15) is 38.3 Å². The van der Waals surface area contributed by atoms with E-state index in [0.29, 0.717) is 17.5 Å². The molecule has 3 aromatic rings. The molecule has 0 spiro atoms. The van der Waals surface area contributed by atoms with Gasteiger partial charge < -0.3 is 10.1 Å². The van der Waals surface area contributed by atoms with E-state index in [2.05, 4.69) is 35.8 Å². The van der Waals surface area contributed by atoms with Crippen LogP contribution < -0.4 is 14.8 Å². The smallest absolute Gasteiger partial charge is 0.278 e. The summed E-state index contributed by atoms with van der Waals surface area (Å²) in [7, 11) is -3.66. The molecule has 1 amide bonds. The van der Waals surface area contributed by atoms with Crippen molar-refractivity contribution in [1.29, 1.82) is 0 Å². The summed E-state index contributed by atoms with van der Waals surface area (Å²) >= 11 is 1.41. The molecule has 0 aliphatic rings. The van der Waals surface area contributed by atoms with E-state index in [1.165, 1.54) is 11.3 Å². The summed E-state index contributed by atoms with van der Waals surface area (Å²) in [5, 5.41) is 5.19. The van der Waals surface area contributed by atoms with Gasteiger partial charge in [0.1, 0.15) is 5.75 Å². The number of sulfonamides is 1. The van der Waals surface area contributed by atoms with Crippen LogP contribution in [0.2, 0.25) is 0 Å².